The first-order chi connectivity index (χ1) is 9.69. The fraction of sp³-hybridized carbons (Fsp3) is 1.00. The summed E-state index contributed by atoms with van der Waals surface area (Å²) in [5.74, 6) is -1.03. The summed E-state index contributed by atoms with van der Waals surface area (Å²) < 4.78 is 10.3. The summed E-state index contributed by atoms with van der Waals surface area (Å²) >= 11 is 9.82. The Morgan fingerprint density at radius 2 is 1.19 bits per heavy atom. The smallest absolute Gasteiger partial charge is 0.195 e. The van der Waals surface area contributed by atoms with Crippen LogP contribution >= 0.6 is 13.0 Å². The predicted molar refractivity (Wildman–Crippen MR) is 89.0 cm³/mol. The highest BCUT2D eigenvalue weighted by Gasteiger charge is 2.27. The van der Waals surface area contributed by atoms with Crippen LogP contribution in [0.5, 0.6) is 0 Å². The van der Waals surface area contributed by atoms with E-state index in [1.54, 1.807) is 0 Å². The van der Waals surface area contributed by atoms with Gasteiger partial charge in [-0.3, -0.25) is 0 Å². The van der Waals surface area contributed by atoms with Crippen molar-refractivity contribution in [3.8, 4) is 0 Å². The molecule has 4 atom stereocenters. The summed E-state index contributed by atoms with van der Waals surface area (Å²) in [6.45, 7) is -6.70. The lowest BCUT2D eigenvalue weighted by atomic mass is 10.2. The van der Waals surface area contributed by atoms with Gasteiger partial charge < -0.3 is 40.5 Å². The largest absolute Gasteiger partial charge is 0.396 e. The van der Waals surface area contributed by atoms with E-state index in [1.165, 1.54) is 0 Å². The number of hydrogen-bond acceptors (Lipinski definition) is 8. The minimum atomic E-state index is -3.33. The van der Waals surface area contributed by atoms with Gasteiger partial charge >= 0.3 is 0 Å². The van der Waals surface area contributed by atoms with Gasteiger partial charge in [0, 0.05) is 25.0 Å². The average molecular weight is 382 g/mol. The van der Waals surface area contributed by atoms with Crippen LogP contribution in [0.25, 0.3) is 0 Å². The van der Waals surface area contributed by atoms with Crippen molar-refractivity contribution in [2.75, 3.05) is 45.4 Å². The van der Waals surface area contributed by atoms with Crippen LogP contribution in [0, 0.1) is 11.8 Å². The molecule has 0 aliphatic carbocycles. The summed E-state index contributed by atoms with van der Waals surface area (Å²) in [6.07, 6.45) is 0. The zero-order valence-corrected chi connectivity index (χ0v) is 15.0. The highest BCUT2D eigenvalue weighted by Crippen LogP contribution is 2.58. The summed E-state index contributed by atoms with van der Waals surface area (Å²) in [5.41, 5.74) is 10.8. The van der Waals surface area contributed by atoms with E-state index in [9.17, 15) is 9.79 Å². The molecular weight excluding hydrogens is 358 g/mol. The monoisotopic (exact) mass is 382 g/mol. The van der Waals surface area contributed by atoms with Crippen LogP contribution < -0.4 is 11.5 Å². The van der Waals surface area contributed by atoms with Crippen LogP contribution in [-0.4, -0.2) is 65.4 Å². The Hall–Kier alpha value is 0.980. The normalized spacial score (nSPS) is 20.5. The molecule has 0 radical (unpaired) electrons. The van der Waals surface area contributed by atoms with Gasteiger partial charge in [-0.15, -0.1) is 0 Å². The molecule has 21 heavy (non-hydrogen) atoms. The second kappa shape index (κ2) is 10.7. The van der Waals surface area contributed by atoms with Gasteiger partial charge in [-0.2, -0.15) is 0 Å². The maximum Gasteiger partial charge on any atom is 0.195 e. The zero-order chi connectivity index (χ0) is 16.5. The van der Waals surface area contributed by atoms with Gasteiger partial charge in [0.15, 0.2) is 13.0 Å². The number of aliphatic hydroxyl groups is 2. The van der Waals surface area contributed by atoms with Gasteiger partial charge in [0.25, 0.3) is 0 Å². The Kier molecular flexibility index (Phi) is 11.2. The quantitative estimate of drug-likeness (QED) is 0.225. The highest BCUT2D eigenvalue weighted by atomic mass is 32.5. The molecule has 8 nitrogen and oxygen atoms in total. The summed E-state index contributed by atoms with van der Waals surface area (Å²) in [6, 6.07) is 0. The topological polar surface area (TPSA) is 151 Å². The van der Waals surface area contributed by atoms with E-state index in [0.29, 0.717) is 0 Å². The van der Waals surface area contributed by atoms with E-state index in [2.05, 4.69) is 0 Å². The van der Waals surface area contributed by atoms with Gasteiger partial charge in [-0.1, -0.05) is 0 Å². The van der Waals surface area contributed by atoms with E-state index in [4.69, 9.17) is 54.3 Å². The fourth-order valence-corrected chi connectivity index (χ4v) is 8.33. The molecular formula is C9H24N2O6P2S2. The van der Waals surface area contributed by atoms with Gasteiger partial charge in [-0.05, 0) is 36.7 Å². The Morgan fingerprint density at radius 3 is 1.43 bits per heavy atom. The van der Waals surface area contributed by atoms with Crippen LogP contribution in [0.1, 0.15) is 0 Å². The molecule has 0 aliphatic heterocycles. The summed E-state index contributed by atoms with van der Waals surface area (Å²) in [7, 11) is 0. The number of hydrogen-bond donors (Lipinski definition) is 6. The molecule has 0 aromatic rings. The minimum absolute atomic E-state index is 0.0157. The maximum atomic E-state index is 10.00. The van der Waals surface area contributed by atoms with Gasteiger partial charge in [-0.25, -0.2) is 0 Å². The molecule has 8 N–H and O–H groups in total. The van der Waals surface area contributed by atoms with Gasteiger partial charge in [0.05, 0.1) is 19.1 Å². The van der Waals surface area contributed by atoms with E-state index >= 15 is 0 Å². The lowest BCUT2D eigenvalue weighted by Crippen LogP contribution is -2.23. The highest BCUT2D eigenvalue weighted by molar-refractivity contribution is 8.18. The molecule has 0 heterocycles. The lowest BCUT2D eigenvalue weighted by Gasteiger charge is -2.24. The standard InChI is InChI=1S/C9H24N2O6P2S2/c10-1-8(3-12)5-16-18(14,20)7-19(15,21)17-6-9(2-11)4-13/h8-9,12-13H,1-7,10-11H2,(H,14,20)(H,15,21). The third-order valence-electron chi connectivity index (χ3n) is 2.56. The number of rotatable bonds is 12. The molecule has 128 valence electrons. The van der Waals surface area contributed by atoms with Crippen molar-refractivity contribution >= 4 is 36.6 Å². The summed E-state index contributed by atoms with van der Waals surface area (Å²) in [4.78, 5) is 20.0. The van der Waals surface area contributed by atoms with E-state index in [-0.39, 0.29) is 57.3 Å². The SMILES string of the molecule is NCC(CO)COP(O)(=S)CP(O)(=S)OCC(CN)CO. The van der Waals surface area contributed by atoms with Gasteiger partial charge in [0.1, 0.15) is 0 Å². The average Bonchev–Trinajstić information content (AvgIpc) is 2.39. The fourth-order valence-electron chi connectivity index (χ4n) is 1.14. The maximum absolute atomic E-state index is 10.00. The second-order valence-electron chi connectivity index (χ2n) is 4.58. The van der Waals surface area contributed by atoms with E-state index in [0.717, 1.165) is 0 Å². The Labute approximate surface area is 134 Å². The molecule has 0 aromatic carbocycles. The lowest BCUT2D eigenvalue weighted by molar-refractivity contribution is 0.165. The molecule has 0 rings (SSSR count). The van der Waals surface area contributed by atoms with E-state index < -0.39 is 13.0 Å². The van der Waals surface area contributed by atoms with Crippen LogP contribution in [0.3, 0.4) is 0 Å². The third-order valence-corrected chi connectivity index (χ3v) is 9.24. The Balaban J connectivity index is 4.40. The van der Waals surface area contributed by atoms with E-state index in [1.807, 2.05) is 0 Å². The van der Waals surface area contributed by atoms with Crippen LogP contribution in [0.15, 0.2) is 0 Å². The van der Waals surface area contributed by atoms with Crippen molar-refractivity contribution in [2.45, 2.75) is 0 Å². The van der Waals surface area contributed by atoms with Crippen molar-refractivity contribution < 1.29 is 29.0 Å². The molecule has 0 saturated carbocycles. The third kappa shape index (κ3) is 10.4. The van der Waals surface area contributed by atoms with Crippen molar-refractivity contribution in [3.05, 3.63) is 0 Å². The van der Waals surface area contributed by atoms with Crippen molar-refractivity contribution in [1.29, 1.82) is 0 Å². The first kappa shape index (κ1) is 22.0. The van der Waals surface area contributed by atoms with Crippen LogP contribution in [0.2, 0.25) is 0 Å². The molecule has 0 spiro atoms. The molecule has 0 amide bonds. The van der Waals surface area contributed by atoms with Crippen LogP contribution in [0.4, 0.5) is 0 Å². The molecule has 0 bridgehead atoms. The van der Waals surface area contributed by atoms with Crippen LogP contribution in [-0.2, 0) is 32.7 Å². The molecule has 12 heteroatoms. The van der Waals surface area contributed by atoms with Gasteiger partial charge in [0.2, 0.25) is 0 Å². The first-order valence-corrected chi connectivity index (χ1v) is 12.0. The first-order valence-electron chi connectivity index (χ1n) is 6.24. The summed E-state index contributed by atoms with van der Waals surface area (Å²) in [5, 5.41) is 17.9. The zero-order valence-electron chi connectivity index (χ0n) is 11.6. The molecule has 0 aliphatic rings. The number of nitrogens with two attached hydrogens (primary N) is 2. The van der Waals surface area contributed by atoms with Crippen molar-refractivity contribution in [3.63, 3.8) is 0 Å². The molecule has 0 fully saturated rings. The number of aliphatic hydroxyl groups excluding tert-OH is 2. The van der Waals surface area contributed by atoms with Crippen molar-refractivity contribution in [2.24, 2.45) is 23.3 Å². The predicted octanol–water partition coefficient (Wildman–Crippen LogP) is -1.28. The Bertz CT molecular complexity index is 347. The molecule has 0 saturated heterocycles. The molecule has 4 unspecified atom stereocenters. The minimum Gasteiger partial charge on any atom is -0.396 e. The molecule has 0 aromatic heterocycles. The van der Waals surface area contributed by atoms with Crippen molar-refractivity contribution in [1.82, 2.24) is 0 Å². The second-order valence-corrected chi connectivity index (χ2v) is 12.2. The Morgan fingerprint density at radius 1 is 0.857 bits per heavy atom.